The summed E-state index contributed by atoms with van der Waals surface area (Å²) in [6.07, 6.45) is -6.74. The Morgan fingerprint density at radius 3 is 2.33 bits per heavy atom. The lowest BCUT2D eigenvalue weighted by Gasteiger charge is -2.47. The Morgan fingerprint density at radius 1 is 0.922 bits per heavy atom. The fourth-order valence-electron chi connectivity index (χ4n) is 7.72. The molecule has 12 unspecified atom stereocenters. The van der Waals surface area contributed by atoms with Crippen LogP contribution in [0.2, 0.25) is 0 Å². The van der Waals surface area contributed by atoms with Gasteiger partial charge in [-0.2, -0.15) is 0 Å². The molecular formula is C37H54O14. The Balaban J connectivity index is 1.46. The maximum Gasteiger partial charge on any atom is 0.338 e. The van der Waals surface area contributed by atoms with E-state index in [4.69, 9.17) is 33.2 Å². The zero-order valence-electron chi connectivity index (χ0n) is 29.5. The minimum Gasteiger partial charge on any atom is -0.506 e. The van der Waals surface area contributed by atoms with Gasteiger partial charge in [0.2, 0.25) is 6.29 Å². The number of esters is 2. The summed E-state index contributed by atoms with van der Waals surface area (Å²) in [5.41, 5.74) is 0.220. The molecule has 5 N–H and O–H groups in total. The van der Waals surface area contributed by atoms with E-state index in [0.29, 0.717) is 12.8 Å². The molecule has 0 radical (unpaired) electrons. The van der Waals surface area contributed by atoms with Crippen molar-refractivity contribution in [2.45, 2.75) is 140 Å². The van der Waals surface area contributed by atoms with Crippen molar-refractivity contribution >= 4 is 11.9 Å². The number of hydrogen-bond acceptors (Lipinski definition) is 14. The fraction of sp³-hybridized carbons (Fsp3) is 0.730. The molecule has 0 aromatic heterocycles. The Hall–Kier alpha value is -2.82. The number of ether oxygens (including phenoxy) is 7. The largest absolute Gasteiger partial charge is 0.506 e. The maximum absolute atomic E-state index is 13.6. The Morgan fingerprint density at radius 2 is 1.65 bits per heavy atom. The van der Waals surface area contributed by atoms with Crippen molar-refractivity contribution in [3.05, 3.63) is 47.9 Å². The highest BCUT2D eigenvalue weighted by molar-refractivity contribution is 5.89. The van der Waals surface area contributed by atoms with Gasteiger partial charge in [0.1, 0.15) is 36.8 Å². The normalized spacial score (nSPS) is 36.7. The molecule has 5 rings (SSSR count). The molecule has 0 amide bonds. The average molecular weight is 723 g/mol. The Bertz CT molecular complexity index is 1290. The lowest BCUT2D eigenvalue weighted by Crippen LogP contribution is -2.63. The third kappa shape index (κ3) is 9.79. The monoisotopic (exact) mass is 722 g/mol. The van der Waals surface area contributed by atoms with Gasteiger partial charge in [-0.05, 0) is 56.1 Å². The van der Waals surface area contributed by atoms with E-state index in [-0.39, 0.29) is 29.9 Å². The second kappa shape index (κ2) is 18.3. The Kier molecular flexibility index (Phi) is 14.1. The Labute approximate surface area is 298 Å². The molecule has 13 atom stereocenters. The lowest BCUT2D eigenvalue weighted by atomic mass is 9.79. The fourth-order valence-corrected chi connectivity index (χ4v) is 7.72. The van der Waals surface area contributed by atoms with Crippen LogP contribution in [-0.2, 0) is 38.0 Å². The van der Waals surface area contributed by atoms with Crippen molar-refractivity contribution < 1.29 is 68.3 Å². The van der Waals surface area contributed by atoms with E-state index in [1.165, 1.54) is 0 Å². The van der Waals surface area contributed by atoms with Gasteiger partial charge >= 0.3 is 11.9 Å². The first kappa shape index (κ1) is 39.4. The van der Waals surface area contributed by atoms with E-state index in [9.17, 15) is 35.1 Å². The summed E-state index contributed by atoms with van der Waals surface area (Å²) in [7, 11) is 0. The molecule has 2 aliphatic carbocycles. The average Bonchev–Trinajstić information content (AvgIpc) is 3.12. The molecule has 0 bridgehead atoms. The SMILES string of the molecule is CCOC(=O)[C@H](CC1CCCCC1)OC1C(O)C(CO)OC(OC2CC(C)CC(C)C2OC2OC=C(O)C(O)C2O)C1OC(=O)c1ccccc1. The van der Waals surface area contributed by atoms with Crippen LogP contribution in [0.15, 0.2) is 42.4 Å². The molecular weight excluding hydrogens is 668 g/mol. The summed E-state index contributed by atoms with van der Waals surface area (Å²) in [5, 5.41) is 52.6. The van der Waals surface area contributed by atoms with Gasteiger partial charge < -0.3 is 58.7 Å². The van der Waals surface area contributed by atoms with E-state index in [1.807, 2.05) is 13.8 Å². The topological polar surface area (TPSA) is 200 Å². The van der Waals surface area contributed by atoms with Gasteiger partial charge in [0.15, 0.2) is 24.3 Å². The van der Waals surface area contributed by atoms with Gasteiger partial charge in [-0.3, -0.25) is 0 Å². The van der Waals surface area contributed by atoms with E-state index < -0.39 is 91.8 Å². The van der Waals surface area contributed by atoms with Gasteiger partial charge in [-0.25, -0.2) is 9.59 Å². The first-order valence-corrected chi connectivity index (χ1v) is 18.2. The van der Waals surface area contributed by atoms with Crippen molar-refractivity contribution in [3.8, 4) is 0 Å². The minimum atomic E-state index is -1.62. The van der Waals surface area contributed by atoms with Crippen molar-refractivity contribution in [2.75, 3.05) is 13.2 Å². The van der Waals surface area contributed by atoms with Gasteiger partial charge in [0.05, 0.1) is 31.0 Å². The second-order valence-electron chi connectivity index (χ2n) is 14.3. The van der Waals surface area contributed by atoms with Crippen molar-refractivity contribution in [3.63, 3.8) is 0 Å². The summed E-state index contributed by atoms with van der Waals surface area (Å²) >= 11 is 0. The lowest BCUT2D eigenvalue weighted by molar-refractivity contribution is -0.338. The van der Waals surface area contributed by atoms with Gasteiger partial charge in [0, 0.05) is 0 Å². The summed E-state index contributed by atoms with van der Waals surface area (Å²) in [6, 6.07) is 8.24. The van der Waals surface area contributed by atoms with E-state index in [1.54, 1.807) is 37.3 Å². The molecule has 14 nitrogen and oxygen atoms in total. The number of hydrogen-bond donors (Lipinski definition) is 5. The predicted molar refractivity (Wildman–Crippen MR) is 179 cm³/mol. The summed E-state index contributed by atoms with van der Waals surface area (Å²) in [4.78, 5) is 26.9. The maximum atomic E-state index is 13.6. The summed E-state index contributed by atoms with van der Waals surface area (Å²) in [5.74, 6) is -1.73. The van der Waals surface area contributed by atoms with Crippen molar-refractivity contribution in [2.24, 2.45) is 17.8 Å². The molecule has 2 saturated carbocycles. The molecule has 3 fully saturated rings. The van der Waals surface area contributed by atoms with Gasteiger partial charge in [-0.15, -0.1) is 0 Å². The molecule has 51 heavy (non-hydrogen) atoms. The smallest absolute Gasteiger partial charge is 0.338 e. The van der Waals surface area contributed by atoms with Gasteiger partial charge in [-0.1, -0.05) is 64.2 Å². The summed E-state index contributed by atoms with van der Waals surface area (Å²) < 4.78 is 42.2. The minimum absolute atomic E-state index is 0.113. The van der Waals surface area contributed by atoms with E-state index in [0.717, 1.165) is 44.8 Å². The first-order valence-electron chi connectivity index (χ1n) is 18.2. The van der Waals surface area contributed by atoms with Crippen LogP contribution in [0.5, 0.6) is 0 Å². The second-order valence-corrected chi connectivity index (χ2v) is 14.3. The number of benzene rings is 1. The van der Waals surface area contributed by atoms with Crippen LogP contribution < -0.4 is 0 Å². The number of rotatable bonds is 13. The highest BCUT2D eigenvalue weighted by Crippen LogP contribution is 2.39. The molecule has 0 spiro atoms. The van der Waals surface area contributed by atoms with Crippen LogP contribution in [0, 0.1) is 17.8 Å². The van der Waals surface area contributed by atoms with Crippen LogP contribution in [-0.4, -0.2) is 118 Å². The molecule has 4 aliphatic rings. The van der Waals surface area contributed by atoms with Crippen LogP contribution in [0.1, 0.15) is 82.5 Å². The van der Waals surface area contributed by atoms with Crippen LogP contribution >= 0.6 is 0 Å². The van der Waals surface area contributed by atoms with Gasteiger partial charge in [0.25, 0.3) is 0 Å². The standard InChI is InChI=1S/C37H54O14/c1-4-45-35(44)26(17-22-11-7-5-8-12-22)47-32-29(41)27(18-38)49-37(33(32)50-34(43)23-13-9-6-10-14-23)48-25-16-20(2)15-21(3)31(25)51-36-30(42)28(40)24(39)19-46-36/h6,9-10,13-14,19-22,25-33,36-42H,4-5,7-8,11-12,15-18H2,1-3H3/t20?,21?,25?,26-,27?,28?,29?,30?,31?,32?,33?,36?,37?/m0/s1. The number of aliphatic hydroxyl groups is 5. The third-order valence-corrected chi connectivity index (χ3v) is 10.4. The summed E-state index contributed by atoms with van der Waals surface area (Å²) in [6.45, 7) is 5.14. The predicted octanol–water partition coefficient (Wildman–Crippen LogP) is 2.89. The molecule has 1 saturated heterocycles. The zero-order chi connectivity index (χ0) is 36.7. The zero-order valence-corrected chi connectivity index (χ0v) is 29.5. The van der Waals surface area contributed by atoms with Crippen LogP contribution in [0.4, 0.5) is 0 Å². The van der Waals surface area contributed by atoms with E-state index in [2.05, 4.69) is 0 Å². The van der Waals surface area contributed by atoms with Crippen molar-refractivity contribution in [1.82, 2.24) is 0 Å². The van der Waals surface area contributed by atoms with Crippen LogP contribution in [0.25, 0.3) is 0 Å². The van der Waals surface area contributed by atoms with Crippen molar-refractivity contribution in [1.29, 1.82) is 0 Å². The third-order valence-electron chi connectivity index (χ3n) is 10.4. The quantitative estimate of drug-likeness (QED) is 0.186. The molecule has 14 heteroatoms. The van der Waals surface area contributed by atoms with E-state index >= 15 is 0 Å². The van der Waals surface area contributed by atoms with Crippen LogP contribution in [0.3, 0.4) is 0 Å². The molecule has 2 heterocycles. The highest BCUT2D eigenvalue weighted by Gasteiger charge is 2.53. The highest BCUT2D eigenvalue weighted by atomic mass is 16.7. The molecule has 2 aliphatic heterocycles. The first-order chi connectivity index (χ1) is 24.5. The molecule has 286 valence electrons. The number of carbonyl (C=O) groups is 2. The molecule has 1 aromatic carbocycles. The molecule has 1 aromatic rings. The number of aliphatic hydroxyl groups excluding tert-OH is 5. The number of carbonyl (C=O) groups excluding carboxylic acids is 2.